The minimum Gasteiger partial charge on any atom is -0.332 e. The van der Waals surface area contributed by atoms with E-state index in [1.54, 1.807) is 0 Å². The quantitative estimate of drug-likeness (QED) is 0.596. The number of rotatable bonds is 1. The van der Waals surface area contributed by atoms with Crippen molar-refractivity contribution in [2.45, 2.75) is 20.8 Å². The Hall–Kier alpha value is -0.690. The van der Waals surface area contributed by atoms with Crippen LogP contribution in [0.1, 0.15) is 20.8 Å². The first-order valence-electron chi connectivity index (χ1n) is 5.17. The van der Waals surface area contributed by atoms with Crippen LogP contribution >= 0.6 is 34.8 Å². The first kappa shape index (κ1) is 14.4. The highest BCUT2D eigenvalue weighted by molar-refractivity contribution is 14.1. The molecule has 0 unspecified atom stereocenters. The molecule has 1 rings (SSSR count). The highest BCUT2D eigenvalue weighted by Crippen LogP contribution is 2.13. The van der Waals surface area contributed by atoms with Gasteiger partial charge in [-0.1, -0.05) is 20.8 Å². The van der Waals surface area contributed by atoms with Crippen LogP contribution < -0.4 is 10.6 Å². The number of nitrogens with one attached hydrogen (secondary N) is 2. The fraction of sp³-hybridized carbons (Fsp3) is 0.333. The lowest BCUT2D eigenvalue weighted by Crippen LogP contribution is -2.41. The maximum Gasteiger partial charge on any atom is 0.231 e. The summed E-state index contributed by atoms with van der Waals surface area (Å²) in [5.74, 6) is -0.0967. The van der Waals surface area contributed by atoms with Gasteiger partial charge in [-0.05, 0) is 59.1 Å². The van der Waals surface area contributed by atoms with Gasteiger partial charge in [-0.3, -0.25) is 4.79 Å². The van der Waals surface area contributed by atoms with E-state index in [0.29, 0.717) is 5.11 Å². The molecule has 0 heterocycles. The van der Waals surface area contributed by atoms with Crippen molar-refractivity contribution in [2.75, 3.05) is 5.32 Å². The maximum absolute atomic E-state index is 11.7. The first-order valence-corrected chi connectivity index (χ1v) is 6.66. The first-order chi connectivity index (χ1) is 7.79. The van der Waals surface area contributed by atoms with Gasteiger partial charge >= 0.3 is 0 Å². The van der Waals surface area contributed by atoms with Gasteiger partial charge in [0.2, 0.25) is 5.91 Å². The molecule has 0 fully saturated rings. The van der Waals surface area contributed by atoms with E-state index in [4.69, 9.17) is 12.2 Å². The Morgan fingerprint density at radius 3 is 2.24 bits per heavy atom. The number of halogens is 1. The molecular formula is C12H15IN2OS. The lowest BCUT2D eigenvalue weighted by atomic mass is 9.96. The fourth-order valence-electron chi connectivity index (χ4n) is 0.986. The van der Waals surface area contributed by atoms with Crippen molar-refractivity contribution in [2.24, 2.45) is 5.41 Å². The molecule has 1 aromatic rings. The van der Waals surface area contributed by atoms with Crippen LogP contribution in [0.5, 0.6) is 0 Å². The van der Waals surface area contributed by atoms with Crippen LogP contribution in [-0.4, -0.2) is 11.0 Å². The molecule has 0 aliphatic rings. The Balaban J connectivity index is 2.56. The van der Waals surface area contributed by atoms with Crippen molar-refractivity contribution in [1.29, 1.82) is 0 Å². The zero-order chi connectivity index (χ0) is 13.1. The van der Waals surface area contributed by atoms with Gasteiger partial charge in [-0.2, -0.15) is 0 Å². The molecule has 0 aliphatic heterocycles. The van der Waals surface area contributed by atoms with E-state index >= 15 is 0 Å². The van der Waals surface area contributed by atoms with Crippen molar-refractivity contribution >= 4 is 51.5 Å². The van der Waals surface area contributed by atoms with Crippen molar-refractivity contribution in [3.05, 3.63) is 27.8 Å². The lowest BCUT2D eigenvalue weighted by molar-refractivity contribution is -0.126. The lowest BCUT2D eigenvalue weighted by Gasteiger charge is -2.18. The van der Waals surface area contributed by atoms with E-state index in [-0.39, 0.29) is 5.91 Å². The second-order valence-corrected chi connectivity index (χ2v) is 6.32. The van der Waals surface area contributed by atoms with Gasteiger partial charge < -0.3 is 10.6 Å². The molecule has 17 heavy (non-hydrogen) atoms. The average Bonchev–Trinajstić information content (AvgIpc) is 2.20. The van der Waals surface area contributed by atoms with Gasteiger partial charge in [0.1, 0.15) is 0 Å². The molecule has 2 N–H and O–H groups in total. The number of carbonyl (C=O) groups excluding carboxylic acids is 1. The Kier molecular flexibility index (Phi) is 4.88. The van der Waals surface area contributed by atoms with Crippen LogP contribution in [-0.2, 0) is 4.79 Å². The summed E-state index contributed by atoms with van der Waals surface area (Å²) in [7, 11) is 0. The van der Waals surface area contributed by atoms with Gasteiger partial charge in [0, 0.05) is 14.7 Å². The molecular weight excluding hydrogens is 347 g/mol. The van der Waals surface area contributed by atoms with Gasteiger partial charge in [0.25, 0.3) is 0 Å². The molecule has 1 amide bonds. The Labute approximate surface area is 121 Å². The van der Waals surface area contributed by atoms with Gasteiger partial charge in [-0.15, -0.1) is 0 Å². The summed E-state index contributed by atoms with van der Waals surface area (Å²) < 4.78 is 1.15. The summed E-state index contributed by atoms with van der Waals surface area (Å²) in [5.41, 5.74) is 0.419. The number of hydrogen-bond donors (Lipinski definition) is 2. The van der Waals surface area contributed by atoms with E-state index in [1.807, 2.05) is 45.0 Å². The molecule has 92 valence electrons. The summed E-state index contributed by atoms with van der Waals surface area (Å²) in [5, 5.41) is 5.96. The van der Waals surface area contributed by atoms with Gasteiger partial charge in [0.05, 0.1) is 0 Å². The summed E-state index contributed by atoms with van der Waals surface area (Å²) >= 11 is 7.30. The third-order valence-corrected chi connectivity index (χ3v) is 2.93. The maximum atomic E-state index is 11.7. The molecule has 0 atom stereocenters. The molecule has 0 saturated heterocycles. The molecule has 1 aromatic carbocycles. The van der Waals surface area contributed by atoms with E-state index in [2.05, 4.69) is 33.2 Å². The predicted octanol–water partition coefficient (Wildman–Crippen LogP) is 3.15. The number of hydrogen-bond acceptors (Lipinski definition) is 2. The molecule has 3 nitrogen and oxygen atoms in total. The van der Waals surface area contributed by atoms with Crippen LogP contribution in [0.25, 0.3) is 0 Å². The van der Waals surface area contributed by atoms with Crippen molar-refractivity contribution in [3.8, 4) is 0 Å². The van der Waals surface area contributed by atoms with Crippen LogP contribution in [0.15, 0.2) is 24.3 Å². The highest BCUT2D eigenvalue weighted by Gasteiger charge is 2.21. The predicted molar refractivity (Wildman–Crippen MR) is 83.0 cm³/mol. The second-order valence-electron chi connectivity index (χ2n) is 4.67. The fourth-order valence-corrected chi connectivity index (χ4v) is 1.56. The van der Waals surface area contributed by atoms with Crippen molar-refractivity contribution < 1.29 is 4.79 Å². The smallest absolute Gasteiger partial charge is 0.231 e. The minimum atomic E-state index is -0.447. The number of carbonyl (C=O) groups is 1. The summed E-state index contributed by atoms with van der Waals surface area (Å²) in [6.45, 7) is 5.53. The van der Waals surface area contributed by atoms with Crippen LogP contribution in [0.2, 0.25) is 0 Å². The third kappa shape index (κ3) is 4.99. The zero-order valence-electron chi connectivity index (χ0n) is 10.0. The Bertz CT molecular complexity index is 423. The molecule has 0 aromatic heterocycles. The van der Waals surface area contributed by atoms with E-state index < -0.39 is 5.41 Å². The number of anilines is 1. The summed E-state index contributed by atoms with van der Waals surface area (Å²) in [6, 6.07) is 7.77. The number of thiocarbonyl (C=S) groups is 1. The van der Waals surface area contributed by atoms with Crippen LogP contribution in [0.3, 0.4) is 0 Å². The molecule has 0 radical (unpaired) electrons. The molecule has 0 spiro atoms. The Morgan fingerprint density at radius 2 is 1.76 bits per heavy atom. The molecule has 0 aliphatic carbocycles. The topological polar surface area (TPSA) is 41.1 Å². The normalized spacial score (nSPS) is 10.8. The van der Waals surface area contributed by atoms with Crippen LogP contribution in [0, 0.1) is 8.99 Å². The third-order valence-electron chi connectivity index (χ3n) is 2.01. The van der Waals surface area contributed by atoms with Crippen molar-refractivity contribution in [1.82, 2.24) is 5.32 Å². The van der Waals surface area contributed by atoms with Crippen LogP contribution in [0.4, 0.5) is 5.69 Å². The molecule has 0 saturated carbocycles. The summed E-state index contributed by atoms with van der Waals surface area (Å²) in [6.07, 6.45) is 0. The van der Waals surface area contributed by atoms with Gasteiger partial charge in [0.15, 0.2) is 5.11 Å². The van der Waals surface area contributed by atoms with Crippen molar-refractivity contribution in [3.63, 3.8) is 0 Å². The zero-order valence-corrected chi connectivity index (χ0v) is 13.0. The Morgan fingerprint density at radius 1 is 1.24 bits per heavy atom. The second kappa shape index (κ2) is 5.77. The number of amides is 1. The van der Waals surface area contributed by atoms with E-state index in [1.165, 1.54) is 0 Å². The minimum absolute atomic E-state index is 0.0967. The molecule has 5 heteroatoms. The average molecular weight is 362 g/mol. The SMILES string of the molecule is CC(C)(C)C(=O)NC(=S)Nc1ccc(I)cc1. The summed E-state index contributed by atoms with van der Waals surface area (Å²) in [4.78, 5) is 11.7. The molecule has 0 bridgehead atoms. The monoisotopic (exact) mass is 362 g/mol. The largest absolute Gasteiger partial charge is 0.332 e. The van der Waals surface area contributed by atoms with E-state index in [0.717, 1.165) is 9.26 Å². The van der Waals surface area contributed by atoms with Gasteiger partial charge in [-0.25, -0.2) is 0 Å². The number of benzene rings is 1. The standard InChI is InChI=1S/C12H15IN2OS/c1-12(2,3)10(16)15-11(17)14-9-6-4-8(13)5-7-9/h4-7H,1-3H3,(H2,14,15,16,17). The highest BCUT2D eigenvalue weighted by atomic mass is 127. The van der Waals surface area contributed by atoms with E-state index in [9.17, 15) is 4.79 Å².